The van der Waals surface area contributed by atoms with E-state index in [9.17, 15) is 9.59 Å². The molecule has 4 nitrogen and oxygen atoms in total. The van der Waals surface area contributed by atoms with Crippen LogP contribution >= 0.6 is 0 Å². The third-order valence-electron chi connectivity index (χ3n) is 6.88. The van der Waals surface area contributed by atoms with Gasteiger partial charge in [-0.3, -0.25) is 4.79 Å². The van der Waals surface area contributed by atoms with Crippen LogP contribution in [0.25, 0.3) is 0 Å². The van der Waals surface area contributed by atoms with Gasteiger partial charge < -0.3 is 9.47 Å². The Bertz CT molecular complexity index is 511. The van der Waals surface area contributed by atoms with Crippen LogP contribution in [0.2, 0.25) is 0 Å². The molecule has 0 aromatic rings. The van der Waals surface area contributed by atoms with Crippen LogP contribution in [-0.2, 0) is 19.1 Å². The fourth-order valence-corrected chi connectivity index (χ4v) is 5.12. The molecule has 0 spiro atoms. The number of ether oxygens (including phenoxy) is 2. The van der Waals surface area contributed by atoms with E-state index in [1.165, 1.54) is 51.4 Å². The molecule has 0 unspecified atom stereocenters. The van der Waals surface area contributed by atoms with Crippen LogP contribution in [0.4, 0.5) is 0 Å². The molecule has 4 heteroatoms. The molecular weight excluding hydrogens is 364 g/mol. The average Bonchev–Trinajstić information content (AvgIpc) is 2.71. The molecule has 0 atom stereocenters. The summed E-state index contributed by atoms with van der Waals surface area (Å²) in [7, 11) is 0. The summed E-state index contributed by atoms with van der Waals surface area (Å²) in [4.78, 5) is 23.4. The molecule has 0 heterocycles. The van der Waals surface area contributed by atoms with Crippen molar-refractivity contribution in [3.63, 3.8) is 0 Å². The van der Waals surface area contributed by atoms with Gasteiger partial charge in [0.15, 0.2) is 0 Å². The third kappa shape index (κ3) is 8.92. The predicted molar refractivity (Wildman–Crippen MR) is 116 cm³/mol. The Hall–Kier alpha value is -1.32. The van der Waals surface area contributed by atoms with Crippen molar-refractivity contribution in [1.29, 1.82) is 0 Å². The van der Waals surface area contributed by atoms with Crippen LogP contribution < -0.4 is 0 Å². The molecule has 166 valence electrons. The van der Waals surface area contributed by atoms with Crippen molar-refractivity contribution < 1.29 is 19.1 Å². The number of carbonyl (C=O) groups excluding carboxylic acids is 2. The lowest BCUT2D eigenvalue weighted by atomic mass is 9.70. The molecule has 2 aliphatic carbocycles. The van der Waals surface area contributed by atoms with Crippen molar-refractivity contribution in [2.75, 3.05) is 6.61 Å². The molecule has 29 heavy (non-hydrogen) atoms. The van der Waals surface area contributed by atoms with Crippen molar-refractivity contribution in [3.8, 4) is 0 Å². The Kier molecular flexibility index (Phi) is 10.8. The number of carbonyl (C=O) groups is 2. The Balaban J connectivity index is 1.51. The Morgan fingerprint density at radius 1 is 0.897 bits per heavy atom. The van der Waals surface area contributed by atoms with Crippen molar-refractivity contribution in [2.24, 2.45) is 17.8 Å². The van der Waals surface area contributed by atoms with E-state index in [1.54, 1.807) is 6.92 Å². The number of hydrogen-bond acceptors (Lipinski definition) is 4. The van der Waals surface area contributed by atoms with E-state index >= 15 is 0 Å². The quantitative estimate of drug-likeness (QED) is 0.227. The predicted octanol–water partition coefficient (Wildman–Crippen LogP) is 6.37. The van der Waals surface area contributed by atoms with E-state index in [4.69, 9.17) is 9.47 Å². The smallest absolute Gasteiger partial charge is 0.333 e. The molecule has 2 fully saturated rings. The number of rotatable bonds is 11. The molecule has 2 aliphatic rings. The third-order valence-corrected chi connectivity index (χ3v) is 6.88. The first-order chi connectivity index (χ1) is 14.0. The number of hydrogen-bond donors (Lipinski definition) is 0. The molecule has 2 saturated carbocycles. The van der Waals surface area contributed by atoms with Crippen LogP contribution in [0.5, 0.6) is 0 Å². The highest BCUT2D eigenvalue weighted by molar-refractivity contribution is 5.86. The second kappa shape index (κ2) is 13.1. The Labute approximate surface area is 177 Å². The first-order valence-electron chi connectivity index (χ1n) is 12.0. The van der Waals surface area contributed by atoms with Crippen molar-refractivity contribution >= 4 is 11.9 Å². The molecular formula is C25H42O4. The number of unbranched alkanes of at least 4 members (excludes halogenated alkanes) is 2. The summed E-state index contributed by atoms with van der Waals surface area (Å²) in [6.07, 6.45) is 16.0. The van der Waals surface area contributed by atoms with Gasteiger partial charge in [-0.1, -0.05) is 39.2 Å². The first-order valence-corrected chi connectivity index (χ1v) is 12.0. The van der Waals surface area contributed by atoms with Gasteiger partial charge in [0, 0.05) is 12.0 Å². The minimum absolute atomic E-state index is 0.0625. The monoisotopic (exact) mass is 406 g/mol. The maximum atomic E-state index is 12.1. The summed E-state index contributed by atoms with van der Waals surface area (Å²) < 4.78 is 10.8. The summed E-state index contributed by atoms with van der Waals surface area (Å²) in [6, 6.07) is 0. The van der Waals surface area contributed by atoms with E-state index in [0.29, 0.717) is 18.6 Å². The number of esters is 2. The second-order valence-electron chi connectivity index (χ2n) is 9.32. The fraction of sp³-hybridized carbons (Fsp3) is 0.840. The van der Waals surface area contributed by atoms with Gasteiger partial charge in [0.1, 0.15) is 6.10 Å². The SMILES string of the molecule is C=C(C)C(=O)OCCCCCC(=O)OC1CCC(C2CCC(CCC)CC2)CC1. The summed E-state index contributed by atoms with van der Waals surface area (Å²) in [5, 5.41) is 0. The van der Waals surface area contributed by atoms with Gasteiger partial charge in [0.05, 0.1) is 6.61 Å². The van der Waals surface area contributed by atoms with E-state index in [0.717, 1.165) is 49.9 Å². The zero-order chi connectivity index (χ0) is 21.1. The van der Waals surface area contributed by atoms with Gasteiger partial charge in [0.2, 0.25) is 0 Å². The highest BCUT2D eigenvalue weighted by Gasteiger charge is 2.31. The normalized spacial score (nSPS) is 27.2. The minimum Gasteiger partial charge on any atom is -0.462 e. The molecule has 0 aromatic carbocycles. The van der Waals surface area contributed by atoms with E-state index in [1.807, 2.05) is 0 Å². The standard InChI is InChI=1S/C25H42O4/c1-4-8-20-10-12-21(13-11-20)22-14-16-23(17-15-22)29-24(26)9-6-5-7-18-28-25(27)19(2)3/h20-23H,2,4-18H2,1,3H3. The summed E-state index contributed by atoms with van der Waals surface area (Å²) in [5.74, 6) is 2.35. The molecule has 0 bridgehead atoms. The molecule has 2 rings (SSSR count). The summed E-state index contributed by atoms with van der Waals surface area (Å²) in [5.41, 5.74) is 0.424. The van der Waals surface area contributed by atoms with Gasteiger partial charge >= 0.3 is 11.9 Å². The maximum Gasteiger partial charge on any atom is 0.333 e. The van der Waals surface area contributed by atoms with Crippen molar-refractivity contribution in [3.05, 3.63) is 12.2 Å². The molecule has 0 aliphatic heterocycles. The molecule has 0 N–H and O–H groups in total. The Morgan fingerprint density at radius 2 is 1.52 bits per heavy atom. The lowest BCUT2D eigenvalue weighted by molar-refractivity contribution is -0.151. The van der Waals surface area contributed by atoms with E-state index in [-0.39, 0.29) is 18.0 Å². The maximum absolute atomic E-state index is 12.1. The van der Waals surface area contributed by atoms with Gasteiger partial charge in [-0.15, -0.1) is 0 Å². The summed E-state index contributed by atoms with van der Waals surface area (Å²) in [6.45, 7) is 7.89. The topological polar surface area (TPSA) is 52.6 Å². The molecule has 0 saturated heterocycles. The highest BCUT2D eigenvalue weighted by atomic mass is 16.5. The molecule has 0 aromatic heterocycles. The zero-order valence-electron chi connectivity index (χ0n) is 18.8. The van der Waals surface area contributed by atoms with Crippen LogP contribution in [0.1, 0.15) is 104 Å². The van der Waals surface area contributed by atoms with Gasteiger partial charge in [-0.05, 0) is 82.5 Å². The van der Waals surface area contributed by atoms with Gasteiger partial charge in [0.25, 0.3) is 0 Å². The molecule has 0 amide bonds. The van der Waals surface area contributed by atoms with Crippen LogP contribution in [-0.4, -0.2) is 24.6 Å². The average molecular weight is 407 g/mol. The molecule has 0 radical (unpaired) electrons. The zero-order valence-corrected chi connectivity index (χ0v) is 18.8. The van der Waals surface area contributed by atoms with Crippen LogP contribution in [0.15, 0.2) is 12.2 Å². The van der Waals surface area contributed by atoms with Crippen molar-refractivity contribution in [2.45, 2.75) is 110 Å². The minimum atomic E-state index is -0.339. The largest absolute Gasteiger partial charge is 0.462 e. The van der Waals surface area contributed by atoms with Gasteiger partial charge in [-0.2, -0.15) is 0 Å². The first kappa shape index (κ1) is 24.0. The van der Waals surface area contributed by atoms with E-state index in [2.05, 4.69) is 13.5 Å². The fourth-order valence-electron chi connectivity index (χ4n) is 5.12. The van der Waals surface area contributed by atoms with Crippen LogP contribution in [0, 0.1) is 17.8 Å². The van der Waals surface area contributed by atoms with Crippen molar-refractivity contribution in [1.82, 2.24) is 0 Å². The Morgan fingerprint density at radius 3 is 2.10 bits per heavy atom. The van der Waals surface area contributed by atoms with E-state index < -0.39 is 0 Å². The second-order valence-corrected chi connectivity index (χ2v) is 9.32. The summed E-state index contributed by atoms with van der Waals surface area (Å²) >= 11 is 0. The lowest BCUT2D eigenvalue weighted by Gasteiger charge is -2.37. The highest BCUT2D eigenvalue weighted by Crippen LogP contribution is 2.41. The van der Waals surface area contributed by atoms with Crippen LogP contribution in [0.3, 0.4) is 0 Å². The lowest BCUT2D eigenvalue weighted by Crippen LogP contribution is -2.29. The van der Waals surface area contributed by atoms with Gasteiger partial charge in [-0.25, -0.2) is 4.79 Å².